The second-order valence-corrected chi connectivity index (χ2v) is 4.31. The Kier molecular flexibility index (Phi) is 2.79. The molecule has 0 fully saturated rings. The normalized spacial score (nSPS) is 10.8. The number of rotatable bonds is 3. The highest BCUT2D eigenvalue weighted by Crippen LogP contribution is 2.22. The van der Waals surface area contributed by atoms with Gasteiger partial charge in [0.15, 0.2) is 0 Å². The number of benzene rings is 2. The van der Waals surface area contributed by atoms with Gasteiger partial charge in [0.2, 0.25) is 0 Å². The van der Waals surface area contributed by atoms with Crippen LogP contribution >= 0.6 is 0 Å². The molecule has 96 valence electrons. The van der Waals surface area contributed by atoms with Gasteiger partial charge in [0.1, 0.15) is 5.82 Å². The second kappa shape index (κ2) is 4.61. The van der Waals surface area contributed by atoms with E-state index in [2.05, 4.69) is 15.3 Å². The highest BCUT2D eigenvalue weighted by Gasteiger charge is 2.05. The summed E-state index contributed by atoms with van der Waals surface area (Å²) in [6.45, 7) is 0.500. The van der Waals surface area contributed by atoms with Gasteiger partial charge in [-0.3, -0.25) is 0 Å². The molecule has 0 saturated heterocycles. The van der Waals surface area contributed by atoms with E-state index in [-0.39, 0.29) is 5.82 Å². The van der Waals surface area contributed by atoms with E-state index in [0.717, 1.165) is 16.6 Å². The molecule has 19 heavy (non-hydrogen) atoms. The third-order valence-electron chi connectivity index (χ3n) is 3.00. The Morgan fingerprint density at radius 3 is 3.00 bits per heavy atom. The molecule has 3 aromatic rings. The molecule has 1 aromatic heterocycles. The maximum absolute atomic E-state index is 13.6. The molecule has 3 rings (SSSR count). The van der Waals surface area contributed by atoms with Gasteiger partial charge in [-0.1, -0.05) is 12.1 Å². The minimum Gasteiger partial charge on any atom is -0.397 e. The number of halogens is 1. The lowest BCUT2D eigenvalue weighted by molar-refractivity contribution is 0.631. The van der Waals surface area contributed by atoms with Crippen LogP contribution < -0.4 is 11.1 Å². The molecule has 0 bridgehead atoms. The lowest BCUT2D eigenvalue weighted by Crippen LogP contribution is -2.04. The number of fused-ring (bicyclic) bond motifs is 1. The zero-order chi connectivity index (χ0) is 13.2. The number of nitrogen functional groups attached to an aromatic ring is 1. The van der Waals surface area contributed by atoms with E-state index >= 15 is 0 Å². The first-order valence-corrected chi connectivity index (χ1v) is 5.94. The number of nitrogens with two attached hydrogens (primary N) is 1. The Morgan fingerprint density at radius 1 is 1.26 bits per heavy atom. The largest absolute Gasteiger partial charge is 0.397 e. The van der Waals surface area contributed by atoms with E-state index < -0.39 is 0 Å². The fraction of sp³-hybridized carbons (Fsp3) is 0.0714. The third-order valence-corrected chi connectivity index (χ3v) is 3.00. The van der Waals surface area contributed by atoms with Crippen LogP contribution in [0.2, 0.25) is 0 Å². The Hall–Kier alpha value is -2.56. The molecule has 0 amide bonds. The summed E-state index contributed by atoms with van der Waals surface area (Å²) in [7, 11) is 0. The van der Waals surface area contributed by atoms with Gasteiger partial charge < -0.3 is 16.0 Å². The number of aromatic amines is 1. The minimum atomic E-state index is -0.345. The molecule has 0 aliphatic carbocycles. The van der Waals surface area contributed by atoms with Crippen LogP contribution in [0.5, 0.6) is 0 Å². The van der Waals surface area contributed by atoms with Gasteiger partial charge in [0, 0.05) is 6.54 Å². The van der Waals surface area contributed by atoms with Crippen molar-refractivity contribution in [3.05, 3.63) is 54.1 Å². The predicted molar refractivity (Wildman–Crippen MR) is 74.2 cm³/mol. The molecule has 0 radical (unpaired) electrons. The van der Waals surface area contributed by atoms with Crippen molar-refractivity contribution in [2.75, 3.05) is 11.1 Å². The quantitative estimate of drug-likeness (QED) is 0.631. The number of imidazole rings is 1. The van der Waals surface area contributed by atoms with Crippen LogP contribution in [0.4, 0.5) is 15.8 Å². The molecule has 4 nitrogen and oxygen atoms in total. The van der Waals surface area contributed by atoms with Crippen molar-refractivity contribution in [2.24, 2.45) is 0 Å². The SMILES string of the molecule is Nc1cccc(F)c1NCc1ccc2nc[nH]c2c1. The van der Waals surface area contributed by atoms with Crippen molar-refractivity contribution in [3.63, 3.8) is 0 Å². The maximum Gasteiger partial charge on any atom is 0.148 e. The first-order valence-electron chi connectivity index (χ1n) is 5.94. The summed E-state index contributed by atoms with van der Waals surface area (Å²) >= 11 is 0. The number of para-hydroxylation sites is 1. The number of H-pyrrole nitrogens is 1. The second-order valence-electron chi connectivity index (χ2n) is 4.31. The van der Waals surface area contributed by atoms with Gasteiger partial charge in [0.05, 0.1) is 28.7 Å². The molecule has 0 saturated carbocycles. The fourth-order valence-corrected chi connectivity index (χ4v) is 2.01. The zero-order valence-electron chi connectivity index (χ0n) is 10.2. The van der Waals surface area contributed by atoms with Crippen LogP contribution in [0.15, 0.2) is 42.7 Å². The average molecular weight is 256 g/mol. The number of aromatic nitrogens is 2. The molecule has 0 aliphatic rings. The van der Waals surface area contributed by atoms with Crippen molar-refractivity contribution in [1.29, 1.82) is 0 Å². The fourth-order valence-electron chi connectivity index (χ4n) is 2.01. The van der Waals surface area contributed by atoms with Gasteiger partial charge >= 0.3 is 0 Å². The first kappa shape index (κ1) is 11.5. The Morgan fingerprint density at radius 2 is 2.16 bits per heavy atom. The third kappa shape index (κ3) is 2.22. The lowest BCUT2D eigenvalue weighted by Gasteiger charge is -2.10. The zero-order valence-corrected chi connectivity index (χ0v) is 10.2. The molecule has 4 N–H and O–H groups in total. The van der Waals surface area contributed by atoms with Crippen molar-refractivity contribution >= 4 is 22.4 Å². The highest BCUT2D eigenvalue weighted by molar-refractivity contribution is 5.75. The van der Waals surface area contributed by atoms with Crippen LogP contribution in [-0.2, 0) is 6.54 Å². The van der Waals surface area contributed by atoms with Gasteiger partial charge in [-0.25, -0.2) is 9.37 Å². The number of anilines is 2. The molecular formula is C14H13FN4. The molecule has 0 unspecified atom stereocenters. The minimum absolute atomic E-state index is 0.340. The standard InChI is InChI=1S/C14H13FN4/c15-10-2-1-3-11(16)14(10)17-7-9-4-5-12-13(6-9)19-8-18-12/h1-6,8,17H,7,16H2,(H,18,19). The van der Waals surface area contributed by atoms with E-state index in [9.17, 15) is 4.39 Å². The van der Waals surface area contributed by atoms with Crippen molar-refractivity contribution in [1.82, 2.24) is 9.97 Å². The predicted octanol–water partition coefficient (Wildman–Crippen LogP) is 2.90. The van der Waals surface area contributed by atoms with Crippen LogP contribution in [0.1, 0.15) is 5.56 Å². The molecule has 2 aromatic carbocycles. The van der Waals surface area contributed by atoms with Crippen LogP contribution in [0, 0.1) is 5.82 Å². The number of hydrogen-bond donors (Lipinski definition) is 3. The van der Waals surface area contributed by atoms with Crippen LogP contribution in [0.25, 0.3) is 11.0 Å². The molecular weight excluding hydrogens is 243 g/mol. The number of nitrogens with zero attached hydrogens (tertiary/aromatic N) is 1. The monoisotopic (exact) mass is 256 g/mol. The van der Waals surface area contributed by atoms with E-state index in [1.807, 2.05) is 18.2 Å². The summed E-state index contributed by atoms with van der Waals surface area (Å²) in [4.78, 5) is 7.19. The summed E-state index contributed by atoms with van der Waals surface area (Å²) < 4.78 is 13.6. The van der Waals surface area contributed by atoms with E-state index in [1.165, 1.54) is 6.07 Å². The number of nitrogens with one attached hydrogen (secondary N) is 2. The highest BCUT2D eigenvalue weighted by atomic mass is 19.1. The maximum atomic E-state index is 13.6. The Bertz CT molecular complexity index is 700. The van der Waals surface area contributed by atoms with Gasteiger partial charge in [-0.2, -0.15) is 0 Å². The average Bonchev–Trinajstić information content (AvgIpc) is 2.85. The molecule has 5 heteroatoms. The summed E-state index contributed by atoms with van der Waals surface area (Å²) in [6, 6.07) is 10.5. The van der Waals surface area contributed by atoms with Crippen molar-refractivity contribution in [3.8, 4) is 0 Å². The summed E-state index contributed by atoms with van der Waals surface area (Å²) in [6.07, 6.45) is 1.65. The Balaban J connectivity index is 1.82. The van der Waals surface area contributed by atoms with E-state index in [4.69, 9.17) is 5.73 Å². The molecule has 0 atom stereocenters. The first-order chi connectivity index (χ1) is 9.24. The molecule has 0 aliphatic heterocycles. The lowest BCUT2D eigenvalue weighted by atomic mass is 10.2. The van der Waals surface area contributed by atoms with E-state index in [0.29, 0.717) is 17.9 Å². The van der Waals surface area contributed by atoms with Gasteiger partial charge in [-0.15, -0.1) is 0 Å². The van der Waals surface area contributed by atoms with Gasteiger partial charge in [0.25, 0.3) is 0 Å². The molecule has 0 spiro atoms. The van der Waals surface area contributed by atoms with Gasteiger partial charge in [-0.05, 0) is 29.8 Å². The Labute approximate surface area is 109 Å². The summed E-state index contributed by atoms with van der Waals surface area (Å²) in [5.41, 5.74) is 9.38. The van der Waals surface area contributed by atoms with Crippen LogP contribution in [0.3, 0.4) is 0 Å². The van der Waals surface area contributed by atoms with Crippen LogP contribution in [-0.4, -0.2) is 9.97 Å². The number of hydrogen-bond acceptors (Lipinski definition) is 3. The molecule has 1 heterocycles. The summed E-state index contributed by atoms with van der Waals surface area (Å²) in [5, 5.41) is 3.02. The van der Waals surface area contributed by atoms with Crippen molar-refractivity contribution in [2.45, 2.75) is 6.54 Å². The summed E-state index contributed by atoms with van der Waals surface area (Å²) in [5.74, 6) is -0.345. The smallest absolute Gasteiger partial charge is 0.148 e. The topological polar surface area (TPSA) is 66.7 Å². The van der Waals surface area contributed by atoms with E-state index in [1.54, 1.807) is 18.5 Å². The van der Waals surface area contributed by atoms with Crippen molar-refractivity contribution < 1.29 is 4.39 Å².